The number of fused-ring (bicyclic) bond motifs is 1. The highest BCUT2D eigenvalue weighted by Crippen LogP contribution is 2.31. The van der Waals surface area contributed by atoms with E-state index >= 15 is 0 Å². The van der Waals surface area contributed by atoms with Gasteiger partial charge in [-0.05, 0) is 60.7 Å². The molecule has 0 radical (unpaired) electrons. The van der Waals surface area contributed by atoms with Gasteiger partial charge in [-0.3, -0.25) is 9.59 Å². The summed E-state index contributed by atoms with van der Waals surface area (Å²) in [7, 11) is 3.18. The van der Waals surface area contributed by atoms with Crippen molar-refractivity contribution in [3.63, 3.8) is 0 Å². The van der Waals surface area contributed by atoms with E-state index < -0.39 is 0 Å². The van der Waals surface area contributed by atoms with Gasteiger partial charge < -0.3 is 29.1 Å². The summed E-state index contributed by atoms with van der Waals surface area (Å²) in [5.41, 5.74) is 3.00. The lowest BCUT2D eigenvalue weighted by Gasteiger charge is -2.28. The van der Waals surface area contributed by atoms with Gasteiger partial charge in [0.15, 0.2) is 11.5 Å². The second-order valence-corrected chi connectivity index (χ2v) is 8.58. The first-order chi connectivity index (χ1) is 17.5. The predicted molar refractivity (Wildman–Crippen MR) is 139 cm³/mol. The van der Waals surface area contributed by atoms with Gasteiger partial charge in [-0.15, -0.1) is 6.58 Å². The maximum absolute atomic E-state index is 12.8. The maximum Gasteiger partial charge on any atom is 0.227 e. The van der Waals surface area contributed by atoms with E-state index in [1.165, 1.54) is 0 Å². The molecule has 2 amide bonds. The summed E-state index contributed by atoms with van der Waals surface area (Å²) >= 11 is 0. The van der Waals surface area contributed by atoms with E-state index in [1.54, 1.807) is 30.1 Å². The van der Waals surface area contributed by atoms with Gasteiger partial charge in [-0.1, -0.05) is 12.1 Å². The number of rotatable bonds is 14. The molecule has 1 heterocycles. The zero-order valence-corrected chi connectivity index (χ0v) is 21.2. The highest BCUT2D eigenvalue weighted by Gasteiger charge is 2.23. The molecular weight excluding hydrogens is 460 g/mol. The number of aliphatic hydroxyl groups is 1. The first-order valence-corrected chi connectivity index (χ1v) is 12.3. The van der Waals surface area contributed by atoms with E-state index in [2.05, 4.69) is 6.58 Å². The molecule has 0 atom stereocenters. The molecule has 36 heavy (non-hydrogen) atoms. The van der Waals surface area contributed by atoms with Crippen molar-refractivity contribution < 1.29 is 28.9 Å². The third-order valence-corrected chi connectivity index (χ3v) is 6.21. The van der Waals surface area contributed by atoms with Gasteiger partial charge >= 0.3 is 0 Å². The van der Waals surface area contributed by atoms with Gasteiger partial charge in [0.05, 0.1) is 27.4 Å². The zero-order valence-electron chi connectivity index (χ0n) is 21.2. The molecule has 0 unspecified atom stereocenters. The van der Waals surface area contributed by atoms with E-state index in [4.69, 9.17) is 14.2 Å². The third-order valence-electron chi connectivity index (χ3n) is 6.21. The van der Waals surface area contributed by atoms with Gasteiger partial charge in [0, 0.05) is 38.2 Å². The Hall–Kier alpha value is -3.52. The number of methoxy groups -OCH3 is 2. The molecule has 0 saturated heterocycles. The Balaban J connectivity index is 1.49. The summed E-state index contributed by atoms with van der Waals surface area (Å²) < 4.78 is 16.5. The van der Waals surface area contributed by atoms with E-state index in [0.717, 1.165) is 22.6 Å². The lowest BCUT2D eigenvalue weighted by Crippen LogP contribution is -2.35. The fourth-order valence-electron chi connectivity index (χ4n) is 4.31. The summed E-state index contributed by atoms with van der Waals surface area (Å²) in [5, 5.41) is 9.43. The van der Waals surface area contributed by atoms with Crippen LogP contribution >= 0.6 is 0 Å². The second kappa shape index (κ2) is 13.5. The van der Waals surface area contributed by atoms with Crippen molar-refractivity contribution in [3.05, 3.63) is 60.2 Å². The molecule has 2 aromatic rings. The topological polar surface area (TPSA) is 88.5 Å². The van der Waals surface area contributed by atoms with Gasteiger partial charge in [0.2, 0.25) is 11.8 Å². The van der Waals surface area contributed by atoms with Gasteiger partial charge in [-0.25, -0.2) is 0 Å². The summed E-state index contributed by atoms with van der Waals surface area (Å²) in [6.07, 6.45) is 4.43. The normalized spacial score (nSPS) is 12.6. The summed E-state index contributed by atoms with van der Waals surface area (Å²) in [6.45, 7) is 5.33. The van der Waals surface area contributed by atoms with E-state index in [1.807, 2.05) is 36.4 Å². The fraction of sp³-hybridized carbons (Fsp3) is 0.429. The lowest BCUT2D eigenvalue weighted by molar-refractivity contribution is -0.132. The monoisotopic (exact) mass is 496 g/mol. The number of carbonyl (C=O) groups excluding carboxylic acids is 2. The molecule has 1 aliphatic heterocycles. The molecule has 0 saturated carbocycles. The van der Waals surface area contributed by atoms with Crippen LogP contribution in [0, 0.1) is 0 Å². The Labute approximate surface area is 213 Å². The van der Waals surface area contributed by atoms with Gasteiger partial charge in [0.1, 0.15) is 5.75 Å². The number of carbonyl (C=O) groups is 2. The molecule has 1 aliphatic rings. The first-order valence-electron chi connectivity index (χ1n) is 12.3. The number of benzene rings is 2. The van der Waals surface area contributed by atoms with Crippen molar-refractivity contribution in [1.29, 1.82) is 0 Å². The average molecular weight is 497 g/mol. The van der Waals surface area contributed by atoms with Crippen LogP contribution in [-0.4, -0.2) is 68.9 Å². The van der Waals surface area contributed by atoms with Crippen LogP contribution in [0.2, 0.25) is 0 Å². The fourth-order valence-corrected chi connectivity index (χ4v) is 4.31. The average Bonchev–Trinajstić information content (AvgIpc) is 2.90. The highest BCUT2D eigenvalue weighted by atomic mass is 16.5. The molecule has 194 valence electrons. The molecule has 0 spiro atoms. The Morgan fingerprint density at radius 2 is 1.92 bits per heavy atom. The van der Waals surface area contributed by atoms with Crippen molar-refractivity contribution in [2.24, 2.45) is 0 Å². The zero-order chi connectivity index (χ0) is 25.9. The Bertz CT molecular complexity index is 1050. The van der Waals surface area contributed by atoms with Crippen molar-refractivity contribution in [3.8, 4) is 17.2 Å². The van der Waals surface area contributed by atoms with Crippen LogP contribution < -0.4 is 19.1 Å². The van der Waals surface area contributed by atoms with Crippen LogP contribution in [0.3, 0.4) is 0 Å². The van der Waals surface area contributed by atoms with Crippen molar-refractivity contribution in [2.75, 3.05) is 52.0 Å². The minimum atomic E-state index is -0.0886. The third kappa shape index (κ3) is 7.01. The van der Waals surface area contributed by atoms with Crippen LogP contribution in [0.4, 0.5) is 5.69 Å². The Morgan fingerprint density at radius 1 is 1.11 bits per heavy atom. The van der Waals surface area contributed by atoms with E-state index in [9.17, 15) is 14.7 Å². The minimum Gasteiger partial charge on any atom is -0.494 e. The summed E-state index contributed by atoms with van der Waals surface area (Å²) in [6, 6.07) is 11.4. The second-order valence-electron chi connectivity index (χ2n) is 8.58. The van der Waals surface area contributed by atoms with Crippen LogP contribution in [0.1, 0.15) is 30.4 Å². The molecule has 0 fully saturated rings. The molecule has 8 heteroatoms. The first kappa shape index (κ1) is 27.1. The van der Waals surface area contributed by atoms with Crippen molar-refractivity contribution in [1.82, 2.24) is 4.90 Å². The minimum absolute atomic E-state index is 0.0165. The van der Waals surface area contributed by atoms with Crippen molar-refractivity contribution >= 4 is 17.5 Å². The summed E-state index contributed by atoms with van der Waals surface area (Å²) in [4.78, 5) is 28.4. The molecule has 0 bridgehead atoms. The van der Waals surface area contributed by atoms with Gasteiger partial charge in [0.25, 0.3) is 0 Å². The standard InChI is InChI=1S/C28H36N2O6/c1-4-14-30-24-10-9-23(20-22(24)8-12-28(30)33)36-18-5-6-27(32)29(16-17-31)15-13-21-7-11-25(34-2)26(19-21)35-3/h4,7,9-11,19-20,31H,1,5-6,8,12-18H2,2-3H3. The molecule has 2 aromatic carbocycles. The van der Waals surface area contributed by atoms with Gasteiger partial charge in [-0.2, -0.15) is 0 Å². The van der Waals surface area contributed by atoms with E-state index in [-0.39, 0.29) is 25.0 Å². The van der Waals surface area contributed by atoms with Crippen LogP contribution in [0.5, 0.6) is 17.2 Å². The Morgan fingerprint density at radius 3 is 2.64 bits per heavy atom. The highest BCUT2D eigenvalue weighted by molar-refractivity contribution is 5.96. The molecule has 0 aliphatic carbocycles. The van der Waals surface area contributed by atoms with Crippen LogP contribution in [0.15, 0.2) is 49.1 Å². The number of nitrogens with zero attached hydrogens (tertiary/aromatic N) is 2. The smallest absolute Gasteiger partial charge is 0.227 e. The number of aryl methyl sites for hydroxylation is 1. The summed E-state index contributed by atoms with van der Waals surface area (Å²) in [5.74, 6) is 2.13. The number of anilines is 1. The number of aliphatic hydroxyl groups excluding tert-OH is 1. The molecule has 1 N–H and O–H groups in total. The molecule has 3 rings (SSSR count). The van der Waals surface area contributed by atoms with Crippen LogP contribution in [0.25, 0.3) is 0 Å². The number of amides is 2. The van der Waals surface area contributed by atoms with E-state index in [0.29, 0.717) is 63.3 Å². The maximum atomic E-state index is 12.8. The quantitative estimate of drug-likeness (QED) is 0.319. The molecule has 0 aromatic heterocycles. The number of hydrogen-bond donors (Lipinski definition) is 1. The number of ether oxygens (including phenoxy) is 3. The number of hydrogen-bond acceptors (Lipinski definition) is 6. The molecule has 8 nitrogen and oxygen atoms in total. The largest absolute Gasteiger partial charge is 0.494 e. The lowest BCUT2D eigenvalue weighted by atomic mass is 10.0. The Kier molecular flexibility index (Phi) is 10.2. The van der Waals surface area contributed by atoms with Crippen LogP contribution in [-0.2, 0) is 22.4 Å². The SMILES string of the molecule is C=CCN1C(=O)CCc2cc(OCCCC(=O)N(CCO)CCc3ccc(OC)c(OC)c3)ccc21. The van der Waals surface area contributed by atoms with Crippen molar-refractivity contribution in [2.45, 2.75) is 32.1 Å². The predicted octanol–water partition coefficient (Wildman–Crippen LogP) is 3.39. The molecular formula is C28H36N2O6.